The molecule has 1 aromatic carbocycles. The second kappa shape index (κ2) is 6.08. The van der Waals surface area contributed by atoms with Gasteiger partial charge >= 0.3 is 0 Å². The monoisotopic (exact) mass is 283 g/mol. The van der Waals surface area contributed by atoms with Crippen LogP contribution >= 0.6 is 12.4 Å². The topological polar surface area (TPSA) is 42.7 Å². The number of carbonyl (C=O) groups excluding carboxylic acids is 1. The number of hydrogen-bond acceptors (Lipinski definition) is 4. The van der Waals surface area contributed by atoms with Crippen molar-refractivity contribution in [1.82, 2.24) is 4.90 Å². The highest BCUT2D eigenvalue weighted by Crippen LogP contribution is 2.29. The van der Waals surface area contributed by atoms with E-state index in [1.54, 1.807) is 7.11 Å². The van der Waals surface area contributed by atoms with Crippen LogP contribution in [0.1, 0.15) is 16.1 Å². The Kier molecular flexibility index (Phi) is 4.97. The minimum atomic E-state index is 0. The third-order valence-corrected chi connectivity index (χ3v) is 2.81. The maximum absolute atomic E-state index is 12.2. The Labute approximate surface area is 118 Å². The first kappa shape index (κ1) is 15.5. The molecule has 0 N–H and O–H groups in total. The quantitative estimate of drug-likeness (QED) is 0.809. The van der Waals surface area contributed by atoms with Gasteiger partial charge in [0.25, 0.3) is 0 Å². The SMILES string of the molecule is COc1ccc2oc(C)c(C(=O)CN(C)C)c2c1.Cl. The second-order valence-corrected chi connectivity index (χ2v) is 4.56. The van der Waals surface area contributed by atoms with Crippen molar-refractivity contribution in [2.45, 2.75) is 6.92 Å². The van der Waals surface area contributed by atoms with Crippen LogP contribution in [0.25, 0.3) is 11.0 Å². The number of benzene rings is 1. The average molecular weight is 284 g/mol. The first-order chi connectivity index (χ1) is 8.52. The molecule has 0 aliphatic rings. The molecule has 0 atom stereocenters. The molecule has 0 unspecified atom stereocenters. The molecule has 4 nitrogen and oxygen atoms in total. The third kappa shape index (κ3) is 3.08. The first-order valence-electron chi connectivity index (χ1n) is 5.78. The van der Waals surface area contributed by atoms with Gasteiger partial charge in [-0.05, 0) is 39.2 Å². The summed E-state index contributed by atoms with van der Waals surface area (Å²) in [5.74, 6) is 1.44. The standard InChI is InChI=1S/C14H17NO3.ClH/c1-9-14(12(16)8-15(2)3)11-7-10(17-4)5-6-13(11)18-9;/h5-7H,8H2,1-4H3;1H. The van der Waals surface area contributed by atoms with E-state index >= 15 is 0 Å². The molecule has 0 amide bonds. The Bertz CT molecular complexity index is 590. The van der Waals surface area contributed by atoms with E-state index < -0.39 is 0 Å². The van der Waals surface area contributed by atoms with Crippen LogP contribution in [-0.2, 0) is 0 Å². The van der Waals surface area contributed by atoms with Crippen molar-refractivity contribution in [3.05, 3.63) is 29.5 Å². The maximum Gasteiger partial charge on any atom is 0.180 e. The predicted octanol–water partition coefficient (Wildman–Crippen LogP) is 2.92. The maximum atomic E-state index is 12.2. The highest BCUT2D eigenvalue weighted by molar-refractivity contribution is 6.09. The fourth-order valence-corrected chi connectivity index (χ4v) is 2.04. The predicted molar refractivity (Wildman–Crippen MR) is 77.6 cm³/mol. The van der Waals surface area contributed by atoms with Crippen LogP contribution in [0.15, 0.2) is 22.6 Å². The van der Waals surface area contributed by atoms with Crippen LogP contribution in [0.2, 0.25) is 0 Å². The van der Waals surface area contributed by atoms with Crippen LogP contribution in [0, 0.1) is 6.92 Å². The van der Waals surface area contributed by atoms with E-state index in [9.17, 15) is 4.79 Å². The Balaban J connectivity index is 0.00000180. The Morgan fingerprint density at radius 1 is 1.37 bits per heavy atom. The highest BCUT2D eigenvalue weighted by atomic mass is 35.5. The molecule has 1 heterocycles. The fraction of sp³-hybridized carbons (Fsp3) is 0.357. The first-order valence-corrected chi connectivity index (χ1v) is 5.78. The van der Waals surface area contributed by atoms with E-state index in [0.29, 0.717) is 17.9 Å². The van der Waals surface area contributed by atoms with Crippen molar-refractivity contribution < 1.29 is 13.9 Å². The van der Waals surface area contributed by atoms with Gasteiger partial charge in [0.1, 0.15) is 17.1 Å². The number of rotatable bonds is 4. The molecule has 0 saturated carbocycles. The summed E-state index contributed by atoms with van der Waals surface area (Å²) in [7, 11) is 5.35. The highest BCUT2D eigenvalue weighted by Gasteiger charge is 2.18. The van der Waals surface area contributed by atoms with Gasteiger partial charge in [-0.15, -0.1) is 12.4 Å². The van der Waals surface area contributed by atoms with Gasteiger partial charge in [0.15, 0.2) is 5.78 Å². The molecular formula is C14H18ClNO3. The van der Waals surface area contributed by atoms with Crippen LogP contribution in [0.4, 0.5) is 0 Å². The lowest BCUT2D eigenvalue weighted by Gasteiger charge is -2.07. The number of ketones is 1. The van der Waals surface area contributed by atoms with E-state index in [4.69, 9.17) is 9.15 Å². The molecule has 0 aliphatic heterocycles. The number of carbonyl (C=O) groups is 1. The summed E-state index contributed by atoms with van der Waals surface area (Å²) in [5.41, 5.74) is 1.37. The minimum Gasteiger partial charge on any atom is -0.497 e. The Morgan fingerprint density at radius 2 is 2.05 bits per heavy atom. The van der Waals surface area contributed by atoms with Gasteiger partial charge in [-0.1, -0.05) is 0 Å². The Morgan fingerprint density at radius 3 is 2.63 bits per heavy atom. The van der Waals surface area contributed by atoms with Crippen molar-refractivity contribution in [3.8, 4) is 5.75 Å². The zero-order valence-corrected chi connectivity index (χ0v) is 12.3. The van der Waals surface area contributed by atoms with Gasteiger partial charge < -0.3 is 14.1 Å². The number of hydrogen-bond donors (Lipinski definition) is 0. The summed E-state index contributed by atoms with van der Waals surface area (Å²) in [6.45, 7) is 2.18. The number of halogens is 1. The van der Waals surface area contributed by atoms with Crippen LogP contribution in [0.5, 0.6) is 5.75 Å². The minimum absolute atomic E-state index is 0. The smallest absolute Gasteiger partial charge is 0.180 e. The zero-order chi connectivity index (χ0) is 13.3. The van der Waals surface area contributed by atoms with Crippen LogP contribution < -0.4 is 4.74 Å². The van der Waals surface area contributed by atoms with Gasteiger partial charge in [-0.25, -0.2) is 0 Å². The molecule has 0 radical (unpaired) electrons. The summed E-state index contributed by atoms with van der Waals surface area (Å²) >= 11 is 0. The lowest BCUT2D eigenvalue weighted by atomic mass is 10.1. The van der Waals surface area contributed by atoms with Crippen molar-refractivity contribution >= 4 is 29.2 Å². The van der Waals surface area contributed by atoms with Crippen molar-refractivity contribution in [2.24, 2.45) is 0 Å². The van der Waals surface area contributed by atoms with E-state index in [2.05, 4.69) is 0 Å². The van der Waals surface area contributed by atoms with Crippen LogP contribution in [-0.4, -0.2) is 38.4 Å². The van der Waals surface area contributed by atoms with E-state index in [1.807, 2.05) is 44.1 Å². The number of methoxy groups -OCH3 is 1. The van der Waals surface area contributed by atoms with Crippen molar-refractivity contribution in [3.63, 3.8) is 0 Å². The van der Waals surface area contributed by atoms with Gasteiger partial charge in [0.05, 0.1) is 19.2 Å². The summed E-state index contributed by atoms with van der Waals surface area (Å²) in [5, 5.41) is 0.818. The number of ether oxygens (including phenoxy) is 1. The molecule has 2 aromatic rings. The number of nitrogens with zero attached hydrogens (tertiary/aromatic N) is 1. The second-order valence-electron chi connectivity index (χ2n) is 4.56. The van der Waals surface area contributed by atoms with E-state index in [1.165, 1.54) is 0 Å². The Hall–Kier alpha value is -1.52. The van der Waals surface area contributed by atoms with Gasteiger partial charge in [-0.2, -0.15) is 0 Å². The van der Waals surface area contributed by atoms with Gasteiger partial charge in [-0.3, -0.25) is 4.79 Å². The molecule has 0 aliphatic carbocycles. The molecular weight excluding hydrogens is 266 g/mol. The summed E-state index contributed by atoms with van der Waals surface area (Å²) in [6.07, 6.45) is 0. The summed E-state index contributed by atoms with van der Waals surface area (Å²) in [4.78, 5) is 14.1. The number of Topliss-reactive ketones (excluding diaryl/α,β-unsaturated/α-hetero) is 1. The summed E-state index contributed by atoms with van der Waals surface area (Å²) < 4.78 is 10.8. The third-order valence-electron chi connectivity index (χ3n) is 2.81. The number of furan rings is 1. The fourth-order valence-electron chi connectivity index (χ4n) is 2.04. The molecule has 0 spiro atoms. The number of aryl methyl sites for hydroxylation is 1. The van der Waals surface area contributed by atoms with E-state index in [0.717, 1.165) is 16.7 Å². The average Bonchev–Trinajstić information content (AvgIpc) is 2.62. The van der Waals surface area contributed by atoms with Crippen molar-refractivity contribution in [1.29, 1.82) is 0 Å². The lowest BCUT2D eigenvalue weighted by molar-refractivity contribution is 0.0958. The molecule has 104 valence electrons. The molecule has 19 heavy (non-hydrogen) atoms. The largest absolute Gasteiger partial charge is 0.497 e. The molecule has 0 bridgehead atoms. The molecule has 1 aromatic heterocycles. The normalized spacial score (nSPS) is 10.6. The number of likely N-dealkylation sites (N-methyl/N-ethyl adjacent to an activating group) is 1. The molecule has 2 rings (SSSR count). The molecule has 0 saturated heterocycles. The lowest BCUT2D eigenvalue weighted by Crippen LogP contribution is -2.21. The van der Waals surface area contributed by atoms with Crippen LogP contribution in [0.3, 0.4) is 0 Å². The number of fused-ring (bicyclic) bond motifs is 1. The molecule has 5 heteroatoms. The zero-order valence-electron chi connectivity index (χ0n) is 11.5. The van der Waals surface area contributed by atoms with Crippen molar-refractivity contribution in [2.75, 3.05) is 27.7 Å². The van der Waals surface area contributed by atoms with Gasteiger partial charge in [0, 0.05) is 5.39 Å². The molecule has 0 fully saturated rings. The summed E-state index contributed by atoms with van der Waals surface area (Å²) in [6, 6.07) is 5.49. The van der Waals surface area contributed by atoms with E-state index in [-0.39, 0.29) is 18.2 Å². The van der Waals surface area contributed by atoms with Gasteiger partial charge in [0.2, 0.25) is 0 Å².